The molecule has 6 heteroatoms. The van der Waals surface area contributed by atoms with Crippen molar-refractivity contribution in [2.24, 2.45) is 0 Å². The number of carboxylic acid groups (broad SMARTS) is 1. The monoisotopic (exact) mass is 290 g/mol. The van der Waals surface area contributed by atoms with Crippen molar-refractivity contribution in [3.05, 3.63) is 17.5 Å². The summed E-state index contributed by atoms with van der Waals surface area (Å²) in [6.07, 6.45) is 6.42. The Morgan fingerprint density at radius 2 is 2.05 bits per heavy atom. The Bertz CT molecular complexity index is 528. The van der Waals surface area contributed by atoms with E-state index in [-0.39, 0.29) is 5.56 Å². The summed E-state index contributed by atoms with van der Waals surface area (Å²) in [5.41, 5.74) is 0.725. The Balaban J connectivity index is 1.73. The zero-order chi connectivity index (χ0) is 14.8. The molecule has 1 atom stereocenters. The number of aromatic carboxylic acids is 1. The van der Waals surface area contributed by atoms with E-state index < -0.39 is 5.97 Å². The van der Waals surface area contributed by atoms with Crippen molar-refractivity contribution < 1.29 is 9.90 Å². The van der Waals surface area contributed by atoms with Gasteiger partial charge in [0.25, 0.3) is 0 Å². The van der Waals surface area contributed by atoms with Crippen LogP contribution in [0.4, 0.5) is 5.95 Å². The average Bonchev–Trinajstić information content (AvgIpc) is 3.01. The molecule has 0 aromatic carbocycles. The zero-order valence-corrected chi connectivity index (χ0v) is 12.5. The summed E-state index contributed by atoms with van der Waals surface area (Å²) in [6, 6.07) is 0.587. The Kier molecular flexibility index (Phi) is 4.05. The zero-order valence-electron chi connectivity index (χ0n) is 12.5. The summed E-state index contributed by atoms with van der Waals surface area (Å²) in [4.78, 5) is 24.5. The highest BCUT2D eigenvalue weighted by molar-refractivity contribution is 5.88. The van der Waals surface area contributed by atoms with Crippen molar-refractivity contribution in [3.63, 3.8) is 0 Å². The van der Waals surface area contributed by atoms with Gasteiger partial charge in [0.05, 0.1) is 11.3 Å². The molecule has 1 unspecified atom stereocenters. The van der Waals surface area contributed by atoms with E-state index in [1.165, 1.54) is 38.5 Å². The molecule has 2 fully saturated rings. The van der Waals surface area contributed by atoms with Crippen molar-refractivity contribution in [1.29, 1.82) is 0 Å². The molecule has 0 spiro atoms. The van der Waals surface area contributed by atoms with Gasteiger partial charge in [-0.3, -0.25) is 4.90 Å². The molecule has 21 heavy (non-hydrogen) atoms. The van der Waals surface area contributed by atoms with E-state index in [1.807, 2.05) is 0 Å². The number of anilines is 1. The number of hydrogen-bond donors (Lipinski definition) is 1. The van der Waals surface area contributed by atoms with E-state index in [9.17, 15) is 4.79 Å². The highest BCUT2D eigenvalue weighted by Gasteiger charge is 2.28. The molecular formula is C15H22N4O2. The molecule has 0 aliphatic carbocycles. The first-order valence-electron chi connectivity index (χ1n) is 7.71. The van der Waals surface area contributed by atoms with E-state index in [2.05, 4.69) is 19.8 Å². The Labute approximate surface area is 124 Å². The molecule has 0 radical (unpaired) electrons. The molecule has 3 rings (SSSR count). The second-order valence-corrected chi connectivity index (χ2v) is 5.96. The van der Waals surface area contributed by atoms with Crippen LogP contribution < -0.4 is 4.90 Å². The smallest absolute Gasteiger partial charge is 0.339 e. The second-order valence-electron chi connectivity index (χ2n) is 5.96. The fraction of sp³-hybridized carbons (Fsp3) is 0.667. The van der Waals surface area contributed by atoms with Gasteiger partial charge in [0, 0.05) is 25.3 Å². The standard InChI is InChI=1S/C15H22N4O2/c1-11-13(14(20)21)9-16-15(17-11)19-8-4-5-12(10-19)18-6-2-3-7-18/h9,12H,2-8,10H2,1H3,(H,20,21). The molecule has 1 aromatic heterocycles. The maximum absolute atomic E-state index is 11.0. The topological polar surface area (TPSA) is 69.6 Å². The summed E-state index contributed by atoms with van der Waals surface area (Å²) < 4.78 is 0. The van der Waals surface area contributed by atoms with Crippen LogP contribution in [0, 0.1) is 6.92 Å². The Morgan fingerprint density at radius 3 is 2.71 bits per heavy atom. The third-order valence-electron chi connectivity index (χ3n) is 4.53. The van der Waals surface area contributed by atoms with Gasteiger partial charge in [-0.25, -0.2) is 14.8 Å². The number of piperidine rings is 1. The quantitative estimate of drug-likeness (QED) is 0.911. The van der Waals surface area contributed by atoms with Crippen LogP contribution in [-0.2, 0) is 0 Å². The molecular weight excluding hydrogens is 268 g/mol. The van der Waals surface area contributed by atoms with Gasteiger partial charge in [-0.05, 0) is 45.7 Å². The lowest BCUT2D eigenvalue weighted by atomic mass is 10.0. The normalized spacial score (nSPS) is 23.5. The van der Waals surface area contributed by atoms with Gasteiger partial charge < -0.3 is 10.0 Å². The molecule has 1 aromatic rings. The van der Waals surface area contributed by atoms with E-state index in [1.54, 1.807) is 6.92 Å². The number of rotatable bonds is 3. The van der Waals surface area contributed by atoms with Crippen molar-refractivity contribution in [2.75, 3.05) is 31.1 Å². The summed E-state index contributed by atoms with van der Waals surface area (Å²) in [5.74, 6) is -0.297. The lowest BCUT2D eigenvalue weighted by molar-refractivity contribution is 0.0695. The highest BCUT2D eigenvalue weighted by Crippen LogP contribution is 2.23. The molecule has 3 heterocycles. The number of carbonyl (C=O) groups is 1. The van der Waals surface area contributed by atoms with Crippen LogP contribution in [0.15, 0.2) is 6.20 Å². The first-order valence-corrected chi connectivity index (χ1v) is 7.71. The van der Waals surface area contributed by atoms with Crippen LogP contribution in [0.2, 0.25) is 0 Å². The number of carboxylic acids is 1. The van der Waals surface area contributed by atoms with Crippen LogP contribution >= 0.6 is 0 Å². The van der Waals surface area contributed by atoms with Crippen LogP contribution in [-0.4, -0.2) is 58.2 Å². The van der Waals surface area contributed by atoms with Gasteiger partial charge >= 0.3 is 5.97 Å². The molecule has 2 aliphatic rings. The summed E-state index contributed by atoms with van der Waals surface area (Å²) >= 11 is 0. The first kappa shape index (κ1) is 14.3. The van der Waals surface area contributed by atoms with E-state index >= 15 is 0 Å². The first-order chi connectivity index (χ1) is 10.1. The predicted octanol–water partition coefficient (Wildman–Crippen LogP) is 1.55. The summed E-state index contributed by atoms with van der Waals surface area (Å²) in [5, 5.41) is 9.05. The molecule has 1 N–H and O–H groups in total. The van der Waals surface area contributed by atoms with E-state index in [0.717, 1.165) is 19.5 Å². The highest BCUT2D eigenvalue weighted by atomic mass is 16.4. The number of aromatic nitrogens is 2. The van der Waals surface area contributed by atoms with Crippen molar-refractivity contribution in [2.45, 2.75) is 38.6 Å². The maximum Gasteiger partial charge on any atom is 0.339 e. The molecule has 0 amide bonds. The largest absolute Gasteiger partial charge is 0.478 e. The lowest BCUT2D eigenvalue weighted by Crippen LogP contribution is -2.47. The number of likely N-dealkylation sites (tertiary alicyclic amines) is 1. The number of hydrogen-bond acceptors (Lipinski definition) is 5. The maximum atomic E-state index is 11.0. The van der Waals surface area contributed by atoms with Crippen molar-refractivity contribution in [3.8, 4) is 0 Å². The fourth-order valence-electron chi connectivity index (χ4n) is 3.36. The minimum Gasteiger partial charge on any atom is -0.478 e. The fourth-order valence-corrected chi connectivity index (χ4v) is 3.36. The van der Waals surface area contributed by atoms with Crippen LogP contribution in [0.1, 0.15) is 41.7 Å². The summed E-state index contributed by atoms with van der Waals surface area (Å²) in [6.45, 7) is 6.05. The molecule has 0 bridgehead atoms. The van der Waals surface area contributed by atoms with Gasteiger partial charge in [-0.2, -0.15) is 0 Å². The van der Waals surface area contributed by atoms with Gasteiger partial charge in [0.2, 0.25) is 5.95 Å². The van der Waals surface area contributed by atoms with Crippen LogP contribution in [0.25, 0.3) is 0 Å². The van der Waals surface area contributed by atoms with E-state index in [0.29, 0.717) is 17.7 Å². The SMILES string of the molecule is Cc1nc(N2CCCC(N3CCCC3)C2)ncc1C(=O)O. The minimum atomic E-state index is -0.965. The third kappa shape index (κ3) is 3.00. The van der Waals surface area contributed by atoms with E-state index in [4.69, 9.17) is 5.11 Å². The second kappa shape index (κ2) is 5.97. The molecule has 2 saturated heterocycles. The molecule has 6 nitrogen and oxygen atoms in total. The number of nitrogens with zero attached hydrogens (tertiary/aromatic N) is 4. The van der Waals surface area contributed by atoms with Gasteiger partial charge in [0.1, 0.15) is 0 Å². The molecule has 0 saturated carbocycles. The minimum absolute atomic E-state index is 0.187. The number of aryl methyl sites for hydroxylation is 1. The lowest BCUT2D eigenvalue weighted by Gasteiger charge is -2.37. The third-order valence-corrected chi connectivity index (χ3v) is 4.53. The van der Waals surface area contributed by atoms with Gasteiger partial charge in [-0.15, -0.1) is 0 Å². The Morgan fingerprint density at radius 1 is 1.29 bits per heavy atom. The average molecular weight is 290 g/mol. The molecule has 114 valence electrons. The summed E-state index contributed by atoms with van der Waals surface area (Å²) in [7, 11) is 0. The van der Waals surface area contributed by atoms with Crippen LogP contribution in [0.3, 0.4) is 0 Å². The van der Waals surface area contributed by atoms with Crippen molar-refractivity contribution in [1.82, 2.24) is 14.9 Å². The van der Waals surface area contributed by atoms with Crippen LogP contribution in [0.5, 0.6) is 0 Å². The van der Waals surface area contributed by atoms with Gasteiger partial charge in [-0.1, -0.05) is 0 Å². The Hall–Kier alpha value is -1.69. The molecule has 2 aliphatic heterocycles. The predicted molar refractivity (Wildman–Crippen MR) is 79.8 cm³/mol. The van der Waals surface area contributed by atoms with Crippen molar-refractivity contribution >= 4 is 11.9 Å². The van der Waals surface area contributed by atoms with Gasteiger partial charge in [0.15, 0.2) is 0 Å².